The maximum absolute atomic E-state index is 4.25. The van der Waals surface area contributed by atoms with Crippen LogP contribution in [0.1, 0.15) is 86.8 Å². The summed E-state index contributed by atoms with van der Waals surface area (Å²) in [4.78, 5) is 0. The number of hydrogen-bond donors (Lipinski definition) is 2. The Balaban J connectivity index is 2.19. The van der Waals surface area contributed by atoms with E-state index < -0.39 is 0 Å². The van der Waals surface area contributed by atoms with Crippen LogP contribution >= 0.6 is 0 Å². The van der Waals surface area contributed by atoms with Gasteiger partial charge in [-0.3, -0.25) is 0 Å². The van der Waals surface area contributed by atoms with Crippen LogP contribution in [0.2, 0.25) is 0 Å². The zero-order chi connectivity index (χ0) is 22.1. The average molecular weight is 407 g/mol. The molecule has 1 unspecified atom stereocenters. The fourth-order valence-corrected chi connectivity index (χ4v) is 4.04. The Morgan fingerprint density at radius 3 is 2.37 bits per heavy atom. The van der Waals surface area contributed by atoms with Gasteiger partial charge in [-0.15, -0.1) is 0 Å². The van der Waals surface area contributed by atoms with Crippen LogP contribution in [0.3, 0.4) is 0 Å². The van der Waals surface area contributed by atoms with Crippen molar-refractivity contribution in [3.8, 4) is 0 Å². The summed E-state index contributed by atoms with van der Waals surface area (Å²) in [5, 5.41) is 7.29. The van der Waals surface area contributed by atoms with E-state index in [-0.39, 0.29) is 0 Å². The van der Waals surface area contributed by atoms with Gasteiger partial charge < -0.3 is 10.6 Å². The van der Waals surface area contributed by atoms with E-state index in [4.69, 9.17) is 0 Å². The Morgan fingerprint density at radius 1 is 0.967 bits per heavy atom. The molecule has 2 N–H and O–H groups in total. The van der Waals surface area contributed by atoms with Crippen LogP contribution in [0.25, 0.3) is 5.70 Å². The lowest BCUT2D eigenvalue weighted by atomic mass is 9.94. The summed E-state index contributed by atoms with van der Waals surface area (Å²) in [6.07, 6.45) is 7.08. The maximum atomic E-state index is 4.25. The minimum Gasteiger partial charge on any atom is -0.383 e. The maximum Gasteiger partial charge on any atom is 0.0407 e. The molecule has 2 rings (SSSR count). The Kier molecular flexibility index (Phi) is 9.49. The first-order valence-corrected chi connectivity index (χ1v) is 11.8. The number of hydrogen-bond acceptors (Lipinski definition) is 2. The molecule has 0 spiro atoms. The Morgan fingerprint density at radius 2 is 1.73 bits per heavy atom. The van der Waals surface area contributed by atoms with Crippen LogP contribution in [-0.2, 0) is 19.4 Å². The highest BCUT2D eigenvalue weighted by atomic mass is 14.9. The van der Waals surface area contributed by atoms with Crippen molar-refractivity contribution in [1.82, 2.24) is 5.32 Å². The van der Waals surface area contributed by atoms with Crippen molar-refractivity contribution in [2.45, 2.75) is 92.7 Å². The zero-order valence-corrected chi connectivity index (χ0v) is 20.1. The third kappa shape index (κ3) is 6.39. The fraction of sp³-hybridized carbons (Fsp3) is 0.500. The SMILES string of the molecule is C=C(NC(C)CC)c1ccc(CNc2c(C)ccc(CCC)c2CCCC)cc1C. The quantitative estimate of drug-likeness (QED) is 0.380. The van der Waals surface area contributed by atoms with E-state index in [0.717, 1.165) is 31.5 Å². The van der Waals surface area contributed by atoms with Crippen molar-refractivity contribution < 1.29 is 0 Å². The number of nitrogens with one attached hydrogen (secondary N) is 2. The van der Waals surface area contributed by atoms with Crippen LogP contribution in [0.4, 0.5) is 5.69 Å². The summed E-state index contributed by atoms with van der Waals surface area (Å²) in [7, 11) is 0. The minimum absolute atomic E-state index is 0.443. The molecule has 0 aliphatic rings. The van der Waals surface area contributed by atoms with Crippen molar-refractivity contribution in [1.29, 1.82) is 0 Å². The number of anilines is 1. The Bertz CT molecular complexity index is 835. The summed E-state index contributed by atoms with van der Waals surface area (Å²) in [5.41, 5.74) is 10.6. The monoisotopic (exact) mass is 406 g/mol. The van der Waals surface area contributed by atoms with Crippen LogP contribution in [0.15, 0.2) is 36.9 Å². The standard InChI is InChI=1S/C28H42N2/c1-8-11-13-27-25(12-9-2)16-14-20(4)28(27)29-19-24-15-17-26(21(5)18-24)23(7)30-22(6)10-3/h14-18,22,29-30H,7-13,19H2,1-6H3. The molecule has 0 amide bonds. The topological polar surface area (TPSA) is 24.1 Å². The predicted molar refractivity (Wildman–Crippen MR) is 134 cm³/mol. The number of benzene rings is 2. The Hall–Kier alpha value is -2.22. The van der Waals surface area contributed by atoms with Crippen LogP contribution in [0.5, 0.6) is 0 Å². The lowest BCUT2D eigenvalue weighted by molar-refractivity contribution is 0.630. The Labute approximate surface area is 185 Å². The average Bonchev–Trinajstić information content (AvgIpc) is 2.72. The van der Waals surface area contributed by atoms with Crippen molar-refractivity contribution in [2.75, 3.05) is 5.32 Å². The summed E-state index contributed by atoms with van der Waals surface area (Å²) in [6.45, 7) is 18.4. The third-order valence-electron chi connectivity index (χ3n) is 6.04. The van der Waals surface area contributed by atoms with Gasteiger partial charge in [-0.2, -0.15) is 0 Å². The number of aryl methyl sites for hydroxylation is 3. The molecule has 2 nitrogen and oxygen atoms in total. The van der Waals surface area contributed by atoms with Gasteiger partial charge in [0.1, 0.15) is 0 Å². The molecular weight excluding hydrogens is 364 g/mol. The van der Waals surface area contributed by atoms with Crippen molar-refractivity contribution in [3.05, 3.63) is 70.3 Å². The molecule has 164 valence electrons. The molecule has 0 fully saturated rings. The van der Waals surface area contributed by atoms with Gasteiger partial charge in [0, 0.05) is 24.0 Å². The molecule has 0 heterocycles. The molecule has 2 aromatic rings. The minimum atomic E-state index is 0.443. The molecule has 0 bridgehead atoms. The highest BCUT2D eigenvalue weighted by Gasteiger charge is 2.12. The van der Waals surface area contributed by atoms with Crippen molar-refractivity contribution in [2.24, 2.45) is 0 Å². The van der Waals surface area contributed by atoms with E-state index in [1.54, 1.807) is 0 Å². The van der Waals surface area contributed by atoms with Gasteiger partial charge in [0.05, 0.1) is 0 Å². The van der Waals surface area contributed by atoms with Gasteiger partial charge in [-0.05, 0) is 79.8 Å². The highest BCUT2D eigenvalue weighted by molar-refractivity contribution is 5.65. The van der Waals surface area contributed by atoms with Gasteiger partial charge in [0.15, 0.2) is 0 Å². The molecule has 0 saturated heterocycles. The lowest BCUT2D eigenvalue weighted by Crippen LogP contribution is -2.23. The second kappa shape index (κ2) is 11.8. The summed E-state index contributed by atoms with van der Waals surface area (Å²) >= 11 is 0. The van der Waals surface area contributed by atoms with Crippen LogP contribution < -0.4 is 10.6 Å². The first-order valence-electron chi connectivity index (χ1n) is 11.8. The number of unbranched alkanes of at least 4 members (excludes halogenated alkanes) is 1. The van der Waals surface area contributed by atoms with E-state index >= 15 is 0 Å². The second-order valence-electron chi connectivity index (χ2n) is 8.68. The van der Waals surface area contributed by atoms with Crippen molar-refractivity contribution >= 4 is 11.4 Å². The van der Waals surface area contributed by atoms with Gasteiger partial charge in [-0.1, -0.05) is 70.5 Å². The predicted octanol–water partition coefficient (Wildman–Crippen LogP) is 7.57. The van der Waals surface area contributed by atoms with Gasteiger partial charge >= 0.3 is 0 Å². The highest BCUT2D eigenvalue weighted by Crippen LogP contribution is 2.28. The molecular formula is C28H42N2. The molecule has 1 atom stereocenters. The number of rotatable bonds is 12. The fourth-order valence-electron chi connectivity index (χ4n) is 4.04. The molecule has 0 aliphatic heterocycles. The lowest BCUT2D eigenvalue weighted by Gasteiger charge is -2.20. The normalized spacial score (nSPS) is 11.9. The molecule has 2 heteroatoms. The van der Waals surface area contributed by atoms with E-state index in [1.807, 2.05) is 0 Å². The molecule has 0 saturated carbocycles. The third-order valence-corrected chi connectivity index (χ3v) is 6.04. The molecule has 0 aliphatic carbocycles. The van der Waals surface area contributed by atoms with E-state index in [0.29, 0.717) is 6.04 Å². The summed E-state index contributed by atoms with van der Waals surface area (Å²) < 4.78 is 0. The largest absolute Gasteiger partial charge is 0.383 e. The van der Waals surface area contributed by atoms with Crippen LogP contribution in [0, 0.1) is 13.8 Å². The van der Waals surface area contributed by atoms with Gasteiger partial charge in [0.25, 0.3) is 0 Å². The summed E-state index contributed by atoms with van der Waals surface area (Å²) in [5.74, 6) is 0. The molecule has 0 aromatic heterocycles. The second-order valence-corrected chi connectivity index (χ2v) is 8.68. The molecule has 0 radical (unpaired) electrons. The van der Waals surface area contributed by atoms with Crippen molar-refractivity contribution in [3.63, 3.8) is 0 Å². The van der Waals surface area contributed by atoms with E-state index in [1.165, 1.54) is 58.3 Å². The van der Waals surface area contributed by atoms with E-state index in [9.17, 15) is 0 Å². The smallest absolute Gasteiger partial charge is 0.0407 e. The first-order chi connectivity index (χ1) is 14.4. The molecule has 30 heavy (non-hydrogen) atoms. The van der Waals surface area contributed by atoms with Crippen LogP contribution in [-0.4, -0.2) is 6.04 Å². The molecule has 2 aromatic carbocycles. The zero-order valence-electron chi connectivity index (χ0n) is 20.1. The first kappa shape index (κ1) is 24.1. The van der Waals surface area contributed by atoms with E-state index in [2.05, 4.69) is 89.1 Å². The van der Waals surface area contributed by atoms with Gasteiger partial charge in [0.2, 0.25) is 0 Å². The summed E-state index contributed by atoms with van der Waals surface area (Å²) in [6, 6.07) is 11.8. The van der Waals surface area contributed by atoms with Gasteiger partial charge in [-0.25, -0.2) is 0 Å².